The lowest BCUT2D eigenvalue weighted by Gasteiger charge is -2.50. The average Bonchev–Trinajstić information content (AvgIpc) is 2.29. The highest BCUT2D eigenvalue weighted by Gasteiger charge is 2.56. The van der Waals surface area contributed by atoms with Gasteiger partial charge < -0.3 is 0 Å². The molecule has 19 heavy (non-hydrogen) atoms. The van der Waals surface area contributed by atoms with Gasteiger partial charge in [0.2, 0.25) is 0 Å². The van der Waals surface area contributed by atoms with Crippen LogP contribution in [0.4, 0.5) is 0 Å². The van der Waals surface area contributed by atoms with Crippen LogP contribution in [0.25, 0.3) is 0 Å². The Bertz CT molecular complexity index is 472. The van der Waals surface area contributed by atoms with Gasteiger partial charge in [-0.1, -0.05) is 18.8 Å². The van der Waals surface area contributed by atoms with E-state index < -0.39 is 10.8 Å². The molecule has 2 fully saturated rings. The normalized spacial score (nSPS) is 35.4. The second-order valence-electron chi connectivity index (χ2n) is 7.41. The summed E-state index contributed by atoms with van der Waals surface area (Å²) >= 11 is 0. The minimum absolute atomic E-state index is 0.0867. The van der Waals surface area contributed by atoms with Crippen molar-refractivity contribution in [3.05, 3.63) is 0 Å². The highest BCUT2D eigenvalue weighted by molar-refractivity contribution is 5.91. The van der Waals surface area contributed by atoms with Crippen LogP contribution >= 0.6 is 0 Å². The highest BCUT2D eigenvalue weighted by atomic mass is 16.1. The van der Waals surface area contributed by atoms with E-state index >= 15 is 0 Å². The van der Waals surface area contributed by atoms with Gasteiger partial charge in [0, 0.05) is 30.1 Å². The fourth-order valence-electron chi connectivity index (χ4n) is 3.40. The second-order valence-corrected chi connectivity index (χ2v) is 7.41. The van der Waals surface area contributed by atoms with Crippen molar-refractivity contribution in [2.45, 2.75) is 66.2 Å². The van der Waals surface area contributed by atoms with E-state index in [2.05, 4.69) is 32.6 Å². The van der Waals surface area contributed by atoms with Crippen LogP contribution in [-0.2, 0) is 9.59 Å². The standard InChI is InChI=1S/C17H24O2/c1-15(2,3)10-11-17-8-5-6-14(19)16(17,4)9-7-13(18)12-17/h5-9,12H2,1-4H3/t16-,17+/m1/s1. The van der Waals surface area contributed by atoms with E-state index in [0.717, 1.165) is 12.8 Å². The first kappa shape index (κ1) is 14.3. The maximum absolute atomic E-state index is 12.4. The van der Waals surface area contributed by atoms with Gasteiger partial charge in [-0.25, -0.2) is 0 Å². The van der Waals surface area contributed by atoms with Crippen LogP contribution in [0, 0.1) is 28.1 Å². The monoisotopic (exact) mass is 260 g/mol. The van der Waals surface area contributed by atoms with Crippen molar-refractivity contribution >= 4 is 11.6 Å². The molecule has 0 spiro atoms. The third kappa shape index (κ3) is 2.48. The molecule has 104 valence electrons. The molecule has 2 nitrogen and oxygen atoms in total. The predicted octanol–water partition coefficient (Wildman–Crippen LogP) is 3.53. The van der Waals surface area contributed by atoms with E-state index in [4.69, 9.17) is 0 Å². The smallest absolute Gasteiger partial charge is 0.140 e. The van der Waals surface area contributed by atoms with Crippen molar-refractivity contribution in [1.82, 2.24) is 0 Å². The lowest BCUT2D eigenvalue weighted by atomic mass is 9.50. The van der Waals surface area contributed by atoms with Gasteiger partial charge in [-0.2, -0.15) is 0 Å². The van der Waals surface area contributed by atoms with E-state index in [1.54, 1.807) is 0 Å². The summed E-state index contributed by atoms with van der Waals surface area (Å²) in [6, 6.07) is 0. The van der Waals surface area contributed by atoms with Crippen LogP contribution in [-0.4, -0.2) is 11.6 Å². The SMILES string of the molecule is CC(C)(C)C#C[C@]12CCCC(=O)[C@@]1(C)CCC(=O)C2. The van der Waals surface area contributed by atoms with Crippen LogP contribution in [0.15, 0.2) is 0 Å². The zero-order chi connectivity index (χ0) is 14.3. The lowest BCUT2D eigenvalue weighted by Crippen LogP contribution is -2.52. The maximum atomic E-state index is 12.4. The molecule has 2 rings (SSSR count). The zero-order valence-electron chi connectivity index (χ0n) is 12.6. The molecule has 0 aromatic rings. The highest BCUT2D eigenvalue weighted by Crippen LogP contribution is 2.56. The first-order valence-electron chi connectivity index (χ1n) is 7.28. The van der Waals surface area contributed by atoms with Crippen molar-refractivity contribution in [3.63, 3.8) is 0 Å². The summed E-state index contributed by atoms with van der Waals surface area (Å²) in [4.78, 5) is 24.3. The van der Waals surface area contributed by atoms with E-state index in [-0.39, 0.29) is 11.2 Å². The van der Waals surface area contributed by atoms with Crippen molar-refractivity contribution in [3.8, 4) is 11.8 Å². The Morgan fingerprint density at radius 1 is 1.11 bits per heavy atom. The van der Waals surface area contributed by atoms with Crippen molar-refractivity contribution < 1.29 is 9.59 Å². The van der Waals surface area contributed by atoms with Gasteiger partial charge >= 0.3 is 0 Å². The molecule has 0 amide bonds. The summed E-state index contributed by atoms with van der Waals surface area (Å²) in [6.45, 7) is 8.26. The van der Waals surface area contributed by atoms with E-state index in [1.165, 1.54) is 0 Å². The van der Waals surface area contributed by atoms with Crippen molar-refractivity contribution in [1.29, 1.82) is 0 Å². The Kier molecular flexibility index (Phi) is 3.37. The van der Waals surface area contributed by atoms with Crippen LogP contribution in [0.2, 0.25) is 0 Å². The van der Waals surface area contributed by atoms with Crippen LogP contribution in [0.1, 0.15) is 66.2 Å². The van der Waals surface area contributed by atoms with Crippen LogP contribution in [0.5, 0.6) is 0 Å². The van der Waals surface area contributed by atoms with Crippen LogP contribution in [0.3, 0.4) is 0 Å². The maximum Gasteiger partial charge on any atom is 0.140 e. The minimum atomic E-state index is -0.405. The number of carbonyl (C=O) groups excluding carboxylic acids is 2. The van der Waals surface area contributed by atoms with E-state index in [1.807, 2.05) is 6.92 Å². The van der Waals surface area contributed by atoms with Crippen molar-refractivity contribution in [2.24, 2.45) is 16.2 Å². The second kappa shape index (κ2) is 4.47. The van der Waals surface area contributed by atoms with Gasteiger partial charge in [0.25, 0.3) is 0 Å². The van der Waals surface area contributed by atoms with E-state index in [0.29, 0.717) is 31.5 Å². The topological polar surface area (TPSA) is 34.1 Å². The molecule has 0 aromatic carbocycles. The lowest BCUT2D eigenvalue weighted by molar-refractivity contribution is -0.145. The summed E-state index contributed by atoms with van der Waals surface area (Å²) in [6.07, 6.45) is 4.12. The number of carbonyl (C=O) groups is 2. The Hall–Kier alpha value is -1.10. The Balaban J connectivity index is 2.47. The molecule has 0 heterocycles. The first-order chi connectivity index (χ1) is 8.69. The molecule has 0 unspecified atom stereocenters. The van der Waals surface area contributed by atoms with Gasteiger partial charge in [-0.3, -0.25) is 9.59 Å². The van der Waals surface area contributed by atoms with E-state index in [9.17, 15) is 9.59 Å². The van der Waals surface area contributed by atoms with Crippen molar-refractivity contribution in [2.75, 3.05) is 0 Å². The van der Waals surface area contributed by atoms with Gasteiger partial charge in [-0.05, 0) is 40.0 Å². The summed E-state index contributed by atoms with van der Waals surface area (Å²) in [5, 5.41) is 0. The molecule has 0 N–H and O–H groups in total. The average molecular weight is 260 g/mol. The summed E-state index contributed by atoms with van der Waals surface area (Å²) in [5.74, 6) is 7.27. The van der Waals surface area contributed by atoms with Gasteiger partial charge in [-0.15, -0.1) is 0 Å². The molecule has 2 atom stereocenters. The molecule has 2 aliphatic rings. The number of hydrogen-bond donors (Lipinski definition) is 0. The summed E-state index contributed by atoms with van der Waals surface area (Å²) in [7, 11) is 0. The first-order valence-corrected chi connectivity index (χ1v) is 7.28. The zero-order valence-corrected chi connectivity index (χ0v) is 12.6. The Morgan fingerprint density at radius 3 is 2.42 bits per heavy atom. The number of rotatable bonds is 0. The molecule has 0 bridgehead atoms. The molecule has 2 saturated carbocycles. The molecule has 2 aliphatic carbocycles. The number of Topliss-reactive ketones (excluding diaryl/α,β-unsaturated/α-hetero) is 2. The molecule has 0 aliphatic heterocycles. The van der Waals surface area contributed by atoms with Gasteiger partial charge in [0.1, 0.15) is 11.6 Å². The summed E-state index contributed by atoms with van der Waals surface area (Å²) in [5.41, 5.74) is -0.890. The molecular formula is C17H24O2. The Labute approximate surface area is 116 Å². The predicted molar refractivity (Wildman–Crippen MR) is 75.5 cm³/mol. The van der Waals surface area contributed by atoms with Gasteiger partial charge in [0.15, 0.2) is 0 Å². The fraction of sp³-hybridized carbons (Fsp3) is 0.765. The summed E-state index contributed by atoms with van der Waals surface area (Å²) < 4.78 is 0. The molecule has 0 aromatic heterocycles. The molecule has 0 radical (unpaired) electrons. The Morgan fingerprint density at radius 2 is 1.79 bits per heavy atom. The molecular weight excluding hydrogens is 236 g/mol. The van der Waals surface area contributed by atoms with Crippen LogP contribution < -0.4 is 0 Å². The number of fused-ring (bicyclic) bond motifs is 1. The molecule has 2 heteroatoms. The third-order valence-corrected chi connectivity index (χ3v) is 4.76. The largest absolute Gasteiger partial charge is 0.300 e. The number of ketones is 2. The fourth-order valence-corrected chi connectivity index (χ4v) is 3.40. The quantitative estimate of drug-likeness (QED) is 0.624. The minimum Gasteiger partial charge on any atom is -0.300 e. The molecule has 0 saturated heterocycles. The third-order valence-electron chi connectivity index (χ3n) is 4.76. The number of hydrogen-bond acceptors (Lipinski definition) is 2. The van der Waals surface area contributed by atoms with Gasteiger partial charge in [0.05, 0.1) is 5.41 Å².